The Morgan fingerprint density at radius 3 is 2.43 bits per heavy atom. The molecule has 0 heterocycles. The van der Waals surface area contributed by atoms with Crippen molar-refractivity contribution in [2.75, 3.05) is 11.8 Å². The number of ether oxygens (including phenoxy) is 1. The summed E-state index contributed by atoms with van der Waals surface area (Å²) in [5, 5.41) is 9.06. The molecule has 108 valence electrons. The first kappa shape index (κ1) is 15.4. The van der Waals surface area contributed by atoms with E-state index in [1.165, 1.54) is 25.3 Å². The largest absolute Gasteiger partial charge is 0.497 e. The van der Waals surface area contributed by atoms with Gasteiger partial charge in [0.05, 0.1) is 23.3 Å². The molecule has 0 aliphatic heterocycles. The number of anilines is 1. The molecule has 21 heavy (non-hydrogen) atoms. The Labute approximate surface area is 131 Å². The Morgan fingerprint density at radius 2 is 1.86 bits per heavy atom. The quantitative estimate of drug-likeness (QED) is 0.901. The van der Waals surface area contributed by atoms with Gasteiger partial charge in [0.2, 0.25) is 0 Å². The highest BCUT2D eigenvalue weighted by Gasteiger charge is 2.16. The van der Waals surface area contributed by atoms with Gasteiger partial charge < -0.3 is 4.74 Å². The van der Waals surface area contributed by atoms with E-state index in [1.54, 1.807) is 24.3 Å². The van der Waals surface area contributed by atoms with Crippen LogP contribution in [0.5, 0.6) is 5.75 Å². The molecule has 0 bridgehead atoms. The van der Waals surface area contributed by atoms with Crippen LogP contribution in [0.15, 0.2) is 51.8 Å². The molecule has 1 N–H and O–H groups in total. The van der Waals surface area contributed by atoms with E-state index in [4.69, 9.17) is 10.00 Å². The van der Waals surface area contributed by atoms with E-state index in [9.17, 15) is 8.42 Å². The number of nitrogens with zero attached hydrogens (tertiary/aromatic N) is 1. The number of rotatable bonds is 4. The van der Waals surface area contributed by atoms with Crippen molar-refractivity contribution in [3.05, 3.63) is 52.5 Å². The third-order valence-electron chi connectivity index (χ3n) is 2.72. The zero-order chi connectivity index (χ0) is 15.5. The number of sulfonamides is 1. The van der Waals surface area contributed by atoms with Gasteiger partial charge in [-0.25, -0.2) is 8.42 Å². The first-order valence-corrected chi connectivity index (χ1v) is 8.10. The molecule has 0 spiro atoms. The number of methoxy groups -OCH3 is 1. The number of hydrogen-bond acceptors (Lipinski definition) is 4. The Kier molecular flexibility index (Phi) is 4.50. The van der Waals surface area contributed by atoms with Gasteiger partial charge in [-0.3, -0.25) is 4.72 Å². The minimum Gasteiger partial charge on any atom is -0.497 e. The maximum absolute atomic E-state index is 12.3. The summed E-state index contributed by atoms with van der Waals surface area (Å²) in [5.74, 6) is 0.565. The van der Waals surface area contributed by atoms with Crippen LogP contribution in [0.4, 0.5) is 5.69 Å². The standard InChI is InChI=1S/C14H11BrN2O3S/c1-20-12-3-5-13(6-4-12)21(18,19)17-14-7-2-11(15)8-10(14)9-16/h2-8,17H,1H3. The molecular formula is C14H11BrN2O3S. The van der Waals surface area contributed by atoms with E-state index in [0.717, 1.165) is 0 Å². The summed E-state index contributed by atoms with van der Waals surface area (Å²) in [6.07, 6.45) is 0. The molecule has 2 aromatic carbocycles. The fourth-order valence-corrected chi connectivity index (χ4v) is 3.10. The average molecular weight is 367 g/mol. The normalized spacial score (nSPS) is 10.7. The third kappa shape index (κ3) is 3.54. The lowest BCUT2D eigenvalue weighted by molar-refractivity contribution is 0.414. The summed E-state index contributed by atoms with van der Waals surface area (Å²) in [6, 6.07) is 12.7. The van der Waals surface area contributed by atoms with Crippen LogP contribution in [0.25, 0.3) is 0 Å². The van der Waals surface area contributed by atoms with Gasteiger partial charge in [-0.1, -0.05) is 15.9 Å². The molecule has 0 atom stereocenters. The van der Waals surface area contributed by atoms with Crippen molar-refractivity contribution >= 4 is 31.6 Å². The van der Waals surface area contributed by atoms with Gasteiger partial charge in [0, 0.05) is 4.47 Å². The third-order valence-corrected chi connectivity index (χ3v) is 4.59. The summed E-state index contributed by atoms with van der Waals surface area (Å²) in [4.78, 5) is 0.0927. The summed E-state index contributed by atoms with van der Waals surface area (Å²) < 4.78 is 32.7. The molecule has 0 radical (unpaired) electrons. The number of hydrogen-bond donors (Lipinski definition) is 1. The highest BCUT2D eigenvalue weighted by atomic mass is 79.9. The van der Waals surface area contributed by atoms with Crippen LogP contribution < -0.4 is 9.46 Å². The fraction of sp³-hybridized carbons (Fsp3) is 0.0714. The predicted octanol–water partition coefficient (Wildman–Crippen LogP) is 3.13. The zero-order valence-corrected chi connectivity index (χ0v) is 13.4. The van der Waals surface area contributed by atoms with Crippen molar-refractivity contribution in [3.8, 4) is 11.8 Å². The van der Waals surface area contributed by atoms with Gasteiger partial charge in [-0.2, -0.15) is 5.26 Å². The van der Waals surface area contributed by atoms with Gasteiger partial charge in [-0.15, -0.1) is 0 Å². The lowest BCUT2D eigenvalue weighted by atomic mass is 10.2. The molecule has 5 nitrogen and oxygen atoms in total. The van der Waals surface area contributed by atoms with E-state index in [2.05, 4.69) is 20.7 Å². The molecule has 0 aliphatic rings. The predicted molar refractivity (Wildman–Crippen MR) is 82.7 cm³/mol. The SMILES string of the molecule is COc1ccc(S(=O)(=O)Nc2ccc(Br)cc2C#N)cc1. The lowest BCUT2D eigenvalue weighted by Crippen LogP contribution is -2.13. The zero-order valence-electron chi connectivity index (χ0n) is 11.0. The second-order valence-electron chi connectivity index (χ2n) is 4.08. The van der Waals surface area contributed by atoms with Crippen LogP contribution in [0, 0.1) is 11.3 Å². The summed E-state index contributed by atoms with van der Waals surface area (Å²) in [7, 11) is -2.25. The molecule has 2 aromatic rings. The molecular weight excluding hydrogens is 356 g/mol. The average Bonchev–Trinajstić information content (AvgIpc) is 2.49. The second-order valence-corrected chi connectivity index (χ2v) is 6.68. The van der Waals surface area contributed by atoms with E-state index in [0.29, 0.717) is 10.2 Å². The van der Waals surface area contributed by atoms with Crippen LogP contribution in [-0.4, -0.2) is 15.5 Å². The van der Waals surface area contributed by atoms with E-state index >= 15 is 0 Å². The van der Waals surface area contributed by atoms with Crippen LogP contribution in [-0.2, 0) is 10.0 Å². The molecule has 0 aliphatic carbocycles. The molecule has 2 rings (SSSR count). The van der Waals surface area contributed by atoms with E-state index in [-0.39, 0.29) is 16.1 Å². The second kappa shape index (κ2) is 6.16. The Morgan fingerprint density at radius 1 is 1.19 bits per heavy atom. The van der Waals surface area contributed by atoms with E-state index in [1.807, 2.05) is 6.07 Å². The van der Waals surface area contributed by atoms with Crippen molar-refractivity contribution in [2.45, 2.75) is 4.90 Å². The van der Waals surface area contributed by atoms with Crippen LogP contribution in [0.2, 0.25) is 0 Å². The summed E-state index contributed by atoms with van der Waals surface area (Å²) in [6.45, 7) is 0. The van der Waals surface area contributed by atoms with Crippen molar-refractivity contribution in [3.63, 3.8) is 0 Å². The topological polar surface area (TPSA) is 79.2 Å². The number of nitriles is 1. The fourth-order valence-electron chi connectivity index (χ4n) is 1.66. The molecule has 0 aromatic heterocycles. The lowest BCUT2D eigenvalue weighted by Gasteiger charge is -2.10. The number of halogens is 1. The van der Waals surface area contributed by atoms with Gasteiger partial charge in [0.1, 0.15) is 11.8 Å². The van der Waals surface area contributed by atoms with Crippen LogP contribution in [0.1, 0.15) is 5.56 Å². The Balaban J connectivity index is 2.35. The molecule has 0 amide bonds. The first-order valence-electron chi connectivity index (χ1n) is 5.83. The maximum Gasteiger partial charge on any atom is 0.261 e. The van der Waals surface area contributed by atoms with Crippen molar-refractivity contribution in [1.82, 2.24) is 0 Å². The molecule has 0 unspecified atom stereocenters. The van der Waals surface area contributed by atoms with Gasteiger partial charge >= 0.3 is 0 Å². The van der Waals surface area contributed by atoms with E-state index < -0.39 is 10.0 Å². The number of nitrogens with one attached hydrogen (secondary N) is 1. The van der Waals surface area contributed by atoms with Crippen molar-refractivity contribution in [2.24, 2.45) is 0 Å². The Bertz CT molecular complexity index is 796. The highest BCUT2D eigenvalue weighted by Crippen LogP contribution is 2.24. The minimum atomic E-state index is -3.76. The monoisotopic (exact) mass is 366 g/mol. The van der Waals surface area contributed by atoms with Crippen LogP contribution >= 0.6 is 15.9 Å². The number of benzene rings is 2. The van der Waals surface area contributed by atoms with Crippen LogP contribution in [0.3, 0.4) is 0 Å². The summed E-state index contributed by atoms with van der Waals surface area (Å²) >= 11 is 3.24. The highest BCUT2D eigenvalue weighted by molar-refractivity contribution is 9.10. The molecule has 7 heteroatoms. The Hall–Kier alpha value is -2.04. The molecule has 0 saturated carbocycles. The van der Waals surface area contributed by atoms with Gasteiger partial charge in [-0.05, 0) is 42.5 Å². The minimum absolute atomic E-state index is 0.0927. The van der Waals surface area contributed by atoms with Gasteiger partial charge in [0.15, 0.2) is 0 Å². The smallest absolute Gasteiger partial charge is 0.261 e. The first-order chi connectivity index (χ1) is 9.96. The summed E-state index contributed by atoms with van der Waals surface area (Å²) in [5.41, 5.74) is 0.470. The van der Waals surface area contributed by atoms with Gasteiger partial charge in [0.25, 0.3) is 10.0 Å². The maximum atomic E-state index is 12.3. The molecule has 0 saturated heterocycles. The molecule has 0 fully saturated rings. The van der Waals surface area contributed by atoms with Crippen molar-refractivity contribution < 1.29 is 13.2 Å². The van der Waals surface area contributed by atoms with Crippen molar-refractivity contribution in [1.29, 1.82) is 5.26 Å².